The van der Waals surface area contributed by atoms with Crippen LogP contribution in [0.25, 0.3) is 11.4 Å². The fraction of sp³-hybridized carbons (Fsp3) is 0.357. The van der Waals surface area contributed by atoms with Gasteiger partial charge in [-0.1, -0.05) is 12.1 Å². The first-order chi connectivity index (χ1) is 10.4. The Balaban J connectivity index is 2.02. The number of alkyl halides is 3. The summed E-state index contributed by atoms with van der Waals surface area (Å²) in [5.41, 5.74) is -0.562. The minimum Gasteiger partial charge on any atom is -0.480 e. The summed E-state index contributed by atoms with van der Waals surface area (Å²) < 4.78 is 39.6. The third-order valence-corrected chi connectivity index (χ3v) is 3.61. The van der Waals surface area contributed by atoms with Crippen LogP contribution in [0.5, 0.6) is 0 Å². The zero-order chi connectivity index (χ0) is 15.9. The third-order valence-electron chi connectivity index (χ3n) is 3.61. The average molecular weight is 311 g/mol. The van der Waals surface area contributed by atoms with Crippen molar-refractivity contribution in [2.24, 2.45) is 0 Å². The van der Waals surface area contributed by atoms with Gasteiger partial charge in [0.05, 0.1) is 5.56 Å². The van der Waals surface area contributed by atoms with Gasteiger partial charge in [-0.05, 0) is 25.0 Å². The number of carbonyl (C=O) groups is 1. The monoisotopic (exact) mass is 311 g/mol. The van der Waals surface area contributed by atoms with Crippen molar-refractivity contribution in [3.63, 3.8) is 0 Å². The van der Waals surface area contributed by atoms with Crippen molar-refractivity contribution in [3.05, 3.63) is 35.7 Å². The van der Waals surface area contributed by atoms with Gasteiger partial charge in [-0.25, -0.2) is 14.5 Å². The molecule has 0 amide bonds. The molecule has 22 heavy (non-hydrogen) atoms. The Labute approximate surface area is 123 Å². The first-order valence-corrected chi connectivity index (χ1v) is 6.72. The number of hydrogen-bond acceptors (Lipinski definition) is 3. The van der Waals surface area contributed by atoms with Gasteiger partial charge in [0, 0.05) is 12.0 Å². The molecular weight excluding hydrogens is 299 g/mol. The number of fused-ring (bicyclic) bond motifs is 1. The van der Waals surface area contributed by atoms with Crippen molar-refractivity contribution >= 4 is 5.97 Å². The average Bonchev–Trinajstić information content (AvgIpc) is 2.90. The van der Waals surface area contributed by atoms with Gasteiger partial charge in [0.2, 0.25) is 0 Å². The van der Waals surface area contributed by atoms with E-state index in [0.29, 0.717) is 25.1 Å². The van der Waals surface area contributed by atoms with Gasteiger partial charge in [0.25, 0.3) is 0 Å². The molecule has 8 heteroatoms. The van der Waals surface area contributed by atoms with Crippen molar-refractivity contribution in [2.45, 2.75) is 31.5 Å². The number of halogens is 3. The molecular formula is C14H12F3N3O2. The number of benzene rings is 1. The van der Waals surface area contributed by atoms with Crippen LogP contribution in [-0.2, 0) is 17.4 Å². The van der Waals surface area contributed by atoms with Crippen LogP contribution < -0.4 is 0 Å². The molecule has 1 aromatic carbocycles. The standard InChI is InChI=1S/C14H12F3N3O2/c15-14(16,17)9-4-1-3-8(7-9)12-18-11-6-2-5-10(13(21)22)20(11)19-12/h1,3-4,7,10H,2,5-6H2,(H,21,22). The molecule has 0 saturated heterocycles. The highest BCUT2D eigenvalue weighted by atomic mass is 19.4. The smallest absolute Gasteiger partial charge is 0.416 e. The molecule has 1 unspecified atom stereocenters. The van der Waals surface area contributed by atoms with Crippen LogP contribution in [0.4, 0.5) is 13.2 Å². The van der Waals surface area contributed by atoms with E-state index in [1.165, 1.54) is 16.8 Å². The molecule has 0 aliphatic carbocycles. The fourth-order valence-electron chi connectivity index (χ4n) is 2.54. The minimum atomic E-state index is -4.45. The molecule has 0 radical (unpaired) electrons. The minimum absolute atomic E-state index is 0.120. The highest BCUT2D eigenvalue weighted by Crippen LogP contribution is 2.32. The number of aromatic nitrogens is 3. The molecule has 2 aromatic rings. The van der Waals surface area contributed by atoms with E-state index in [0.717, 1.165) is 12.1 Å². The van der Waals surface area contributed by atoms with E-state index in [1.807, 2.05) is 0 Å². The van der Waals surface area contributed by atoms with E-state index >= 15 is 0 Å². The van der Waals surface area contributed by atoms with Crippen LogP contribution in [-0.4, -0.2) is 25.8 Å². The van der Waals surface area contributed by atoms with Crippen molar-refractivity contribution < 1.29 is 23.1 Å². The molecule has 0 fully saturated rings. The second-order valence-corrected chi connectivity index (χ2v) is 5.12. The van der Waals surface area contributed by atoms with E-state index in [2.05, 4.69) is 10.1 Å². The number of nitrogens with zero attached hydrogens (tertiary/aromatic N) is 3. The Morgan fingerprint density at radius 2 is 2.14 bits per heavy atom. The third kappa shape index (κ3) is 2.56. The van der Waals surface area contributed by atoms with Crippen LogP contribution in [0.1, 0.15) is 30.3 Å². The topological polar surface area (TPSA) is 68.0 Å². The molecule has 3 rings (SSSR count). The Morgan fingerprint density at radius 1 is 1.36 bits per heavy atom. The zero-order valence-corrected chi connectivity index (χ0v) is 11.3. The van der Waals surface area contributed by atoms with Crippen molar-refractivity contribution in [1.82, 2.24) is 14.8 Å². The first kappa shape index (κ1) is 14.6. The summed E-state index contributed by atoms with van der Waals surface area (Å²) >= 11 is 0. The van der Waals surface area contributed by atoms with Gasteiger partial charge >= 0.3 is 12.1 Å². The lowest BCUT2D eigenvalue weighted by molar-refractivity contribution is -0.142. The molecule has 1 aliphatic rings. The van der Waals surface area contributed by atoms with Gasteiger partial charge in [0.1, 0.15) is 5.82 Å². The molecule has 1 N–H and O–H groups in total. The molecule has 0 saturated carbocycles. The van der Waals surface area contributed by atoms with Gasteiger partial charge < -0.3 is 5.11 Å². The lowest BCUT2D eigenvalue weighted by Gasteiger charge is -2.19. The van der Waals surface area contributed by atoms with Gasteiger partial charge in [0.15, 0.2) is 11.9 Å². The summed E-state index contributed by atoms with van der Waals surface area (Å²) in [5, 5.41) is 13.3. The number of hydrogen-bond donors (Lipinski definition) is 1. The zero-order valence-electron chi connectivity index (χ0n) is 11.3. The molecule has 1 atom stereocenters. The van der Waals surface area contributed by atoms with Gasteiger partial charge in [-0.3, -0.25) is 0 Å². The number of carboxylic acid groups (broad SMARTS) is 1. The SMILES string of the molecule is O=C(O)C1CCCc2nc(-c3cccc(C(F)(F)F)c3)nn21. The molecule has 5 nitrogen and oxygen atoms in total. The van der Waals surface area contributed by atoms with Crippen LogP contribution in [0, 0.1) is 0 Å². The lowest BCUT2D eigenvalue weighted by atomic mass is 10.1. The number of carboxylic acids is 1. The number of aliphatic carboxylic acids is 1. The highest BCUT2D eigenvalue weighted by molar-refractivity contribution is 5.72. The lowest BCUT2D eigenvalue weighted by Crippen LogP contribution is -2.25. The Kier molecular flexibility index (Phi) is 3.38. The molecule has 116 valence electrons. The largest absolute Gasteiger partial charge is 0.480 e. The first-order valence-electron chi connectivity index (χ1n) is 6.72. The van der Waals surface area contributed by atoms with Crippen LogP contribution in [0.15, 0.2) is 24.3 Å². The molecule has 0 bridgehead atoms. The van der Waals surface area contributed by atoms with Crippen molar-refractivity contribution in [1.29, 1.82) is 0 Å². The van der Waals surface area contributed by atoms with Gasteiger partial charge in [-0.2, -0.15) is 13.2 Å². The number of aryl methyl sites for hydroxylation is 1. The second-order valence-electron chi connectivity index (χ2n) is 5.12. The maximum absolute atomic E-state index is 12.8. The van der Waals surface area contributed by atoms with Crippen molar-refractivity contribution in [3.8, 4) is 11.4 Å². The maximum atomic E-state index is 12.8. The molecule has 1 aromatic heterocycles. The van der Waals surface area contributed by atoms with E-state index in [1.54, 1.807) is 0 Å². The van der Waals surface area contributed by atoms with Gasteiger partial charge in [-0.15, -0.1) is 5.10 Å². The predicted octanol–water partition coefficient (Wildman–Crippen LogP) is 2.93. The summed E-state index contributed by atoms with van der Waals surface area (Å²) in [6.45, 7) is 0. The summed E-state index contributed by atoms with van der Waals surface area (Å²) in [4.78, 5) is 15.4. The number of rotatable bonds is 2. The maximum Gasteiger partial charge on any atom is 0.416 e. The summed E-state index contributed by atoms with van der Waals surface area (Å²) in [5.74, 6) is -0.401. The summed E-state index contributed by atoms with van der Waals surface area (Å²) in [6.07, 6.45) is -2.78. The molecule has 2 heterocycles. The van der Waals surface area contributed by atoms with E-state index < -0.39 is 23.8 Å². The predicted molar refractivity (Wildman–Crippen MR) is 70.1 cm³/mol. The Bertz CT molecular complexity index is 724. The Morgan fingerprint density at radius 3 is 2.82 bits per heavy atom. The highest BCUT2D eigenvalue weighted by Gasteiger charge is 2.32. The Hall–Kier alpha value is -2.38. The van der Waals surface area contributed by atoms with Crippen molar-refractivity contribution in [2.75, 3.05) is 0 Å². The quantitative estimate of drug-likeness (QED) is 0.926. The normalized spacial score (nSPS) is 18.0. The van der Waals surface area contributed by atoms with Crippen LogP contribution in [0.3, 0.4) is 0 Å². The fourth-order valence-corrected chi connectivity index (χ4v) is 2.54. The van der Waals surface area contributed by atoms with Crippen LogP contribution in [0.2, 0.25) is 0 Å². The molecule has 1 aliphatic heterocycles. The van der Waals surface area contributed by atoms with E-state index in [4.69, 9.17) is 0 Å². The van der Waals surface area contributed by atoms with E-state index in [9.17, 15) is 23.1 Å². The van der Waals surface area contributed by atoms with E-state index in [-0.39, 0.29) is 11.4 Å². The molecule has 0 spiro atoms. The summed E-state index contributed by atoms with van der Waals surface area (Å²) in [7, 11) is 0. The summed E-state index contributed by atoms with van der Waals surface area (Å²) in [6, 6.07) is 3.89. The second kappa shape index (κ2) is 5.11. The van der Waals surface area contributed by atoms with Crippen LogP contribution >= 0.6 is 0 Å².